The van der Waals surface area contributed by atoms with E-state index in [1.807, 2.05) is 4.90 Å². The van der Waals surface area contributed by atoms with E-state index in [2.05, 4.69) is 29.4 Å². The van der Waals surface area contributed by atoms with Crippen LogP contribution in [0.1, 0.15) is 12.8 Å². The molecule has 9 heteroatoms. The topological polar surface area (TPSA) is 70.6 Å². The predicted molar refractivity (Wildman–Crippen MR) is 128 cm³/mol. The van der Waals surface area contributed by atoms with Crippen molar-refractivity contribution in [3.05, 3.63) is 48.5 Å². The second kappa shape index (κ2) is 9.58. The van der Waals surface area contributed by atoms with Crippen molar-refractivity contribution >= 4 is 54.2 Å². The number of thioether (sulfide) groups is 1. The number of rotatable bonds is 7. The number of carbonyl (C=O) groups excluding carboxylic acids is 1. The van der Waals surface area contributed by atoms with Crippen LogP contribution >= 0.6 is 23.1 Å². The number of sulfone groups is 1. The molecule has 0 N–H and O–H groups in total. The zero-order valence-corrected chi connectivity index (χ0v) is 19.8. The number of aromatic nitrogens is 1. The van der Waals surface area contributed by atoms with Crippen LogP contribution in [0.25, 0.3) is 10.2 Å². The van der Waals surface area contributed by atoms with E-state index in [0.29, 0.717) is 24.4 Å². The fourth-order valence-electron chi connectivity index (χ4n) is 3.62. The minimum absolute atomic E-state index is 0.00748. The van der Waals surface area contributed by atoms with E-state index in [4.69, 9.17) is 4.98 Å². The fourth-order valence-corrected chi connectivity index (χ4v) is 6.52. The Hall–Kier alpha value is -2.10. The summed E-state index contributed by atoms with van der Waals surface area (Å²) < 4.78 is 25.9. The molecule has 0 unspecified atom stereocenters. The molecule has 0 saturated carbocycles. The molecule has 1 amide bonds. The second-order valence-corrected chi connectivity index (χ2v) is 11.4. The highest BCUT2D eigenvalue weighted by Crippen LogP contribution is 2.32. The van der Waals surface area contributed by atoms with Gasteiger partial charge in [0.1, 0.15) is 0 Å². The maximum absolute atomic E-state index is 12.6. The van der Waals surface area contributed by atoms with E-state index >= 15 is 0 Å². The average molecular weight is 476 g/mol. The molecule has 164 valence electrons. The Bertz CT molecular complexity index is 1150. The lowest BCUT2D eigenvalue weighted by Gasteiger charge is -2.34. The smallest absolute Gasteiger partial charge is 0.222 e. The molecule has 1 aliphatic rings. The average Bonchev–Trinajstić information content (AvgIpc) is 3.23. The number of benzene rings is 2. The third kappa shape index (κ3) is 5.22. The molecule has 4 rings (SSSR count). The Labute approximate surface area is 191 Å². The summed E-state index contributed by atoms with van der Waals surface area (Å²) in [5, 5.41) is 0.995. The van der Waals surface area contributed by atoms with Crippen LogP contribution in [0.2, 0.25) is 0 Å². The molecule has 1 fully saturated rings. The fraction of sp³-hybridized carbons (Fsp3) is 0.364. The van der Waals surface area contributed by atoms with E-state index in [1.54, 1.807) is 53.4 Å². The van der Waals surface area contributed by atoms with Crippen molar-refractivity contribution in [2.45, 2.75) is 22.6 Å². The minimum Gasteiger partial charge on any atom is -0.345 e. The highest BCUT2D eigenvalue weighted by atomic mass is 32.2. The van der Waals surface area contributed by atoms with Crippen LogP contribution in [-0.2, 0) is 14.6 Å². The van der Waals surface area contributed by atoms with Crippen LogP contribution in [0, 0.1) is 0 Å². The molecule has 31 heavy (non-hydrogen) atoms. The van der Waals surface area contributed by atoms with Crippen LogP contribution in [0.3, 0.4) is 0 Å². The van der Waals surface area contributed by atoms with Gasteiger partial charge in [0.25, 0.3) is 0 Å². The van der Waals surface area contributed by atoms with Gasteiger partial charge in [0.05, 0.1) is 20.9 Å². The van der Waals surface area contributed by atoms with Crippen molar-refractivity contribution in [2.24, 2.45) is 0 Å². The zero-order chi connectivity index (χ0) is 21.8. The molecule has 0 spiro atoms. The van der Waals surface area contributed by atoms with Gasteiger partial charge in [-0.2, -0.15) is 0 Å². The maximum Gasteiger partial charge on any atom is 0.222 e. The molecule has 2 aromatic carbocycles. The summed E-state index contributed by atoms with van der Waals surface area (Å²) in [5.41, 5.74) is 1.01. The van der Waals surface area contributed by atoms with Crippen LogP contribution in [-0.4, -0.2) is 62.4 Å². The third-order valence-corrected chi connectivity index (χ3v) is 9.01. The Kier molecular flexibility index (Phi) is 6.83. The van der Waals surface area contributed by atoms with Crippen molar-refractivity contribution in [3.8, 4) is 0 Å². The van der Waals surface area contributed by atoms with Crippen LogP contribution in [0.5, 0.6) is 0 Å². The number of amides is 1. The molecule has 0 atom stereocenters. The number of anilines is 1. The van der Waals surface area contributed by atoms with E-state index in [9.17, 15) is 13.2 Å². The zero-order valence-electron chi connectivity index (χ0n) is 17.4. The number of fused-ring (bicyclic) bond motifs is 1. The Morgan fingerprint density at radius 3 is 2.55 bits per heavy atom. The first-order valence-corrected chi connectivity index (χ1v) is 13.9. The summed E-state index contributed by atoms with van der Waals surface area (Å²) in [6, 6.07) is 14.7. The summed E-state index contributed by atoms with van der Waals surface area (Å²) in [6.07, 6.45) is 2.66. The summed E-state index contributed by atoms with van der Waals surface area (Å²) in [7, 11) is -3.34. The Morgan fingerprint density at radius 1 is 1.10 bits per heavy atom. The molecular weight excluding hydrogens is 450 g/mol. The number of piperazine rings is 1. The van der Waals surface area contributed by atoms with E-state index in [-0.39, 0.29) is 18.1 Å². The lowest BCUT2D eigenvalue weighted by Crippen LogP contribution is -2.48. The number of hydrogen-bond donors (Lipinski definition) is 0. The van der Waals surface area contributed by atoms with Crippen LogP contribution in [0.15, 0.2) is 58.3 Å². The summed E-state index contributed by atoms with van der Waals surface area (Å²) in [4.78, 5) is 22.9. The SMILES string of the molecule is CSc1ccc2nc(N3CCN(C(=O)CCCS(=O)(=O)c4ccccc4)CC3)sc2c1. The van der Waals surface area contributed by atoms with Crippen LogP contribution < -0.4 is 4.90 Å². The third-order valence-electron chi connectivity index (χ3n) is 5.39. The molecule has 3 aromatic rings. The second-order valence-electron chi connectivity index (χ2n) is 7.43. The van der Waals surface area contributed by atoms with Crippen molar-refractivity contribution < 1.29 is 13.2 Å². The van der Waals surface area contributed by atoms with Crippen LogP contribution in [0.4, 0.5) is 5.13 Å². The maximum atomic E-state index is 12.6. The normalized spacial score (nSPS) is 14.9. The number of hydrogen-bond acceptors (Lipinski definition) is 7. The van der Waals surface area contributed by atoms with E-state index < -0.39 is 9.84 Å². The molecular formula is C22H25N3O3S3. The molecule has 6 nitrogen and oxygen atoms in total. The Morgan fingerprint density at radius 2 is 1.84 bits per heavy atom. The number of thiazole rings is 1. The van der Waals surface area contributed by atoms with Gasteiger partial charge in [0.15, 0.2) is 15.0 Å². The number of carbonyl (C=O) groups is 1. The molecule has 1 aliphatic heterocycles. The van der Waals surface area contributed by atoms with Gasteiger partial charge in [-0.1, -0.05) is 29.5 Å². The predicted octanol–water partition coefficient (Wildman–Crippen LogP) is 3.92. The lowest BCUT2D eigenvalue weighted by molar-refractivity contribution is -0.131. The number of nitrogens with zero attached hydrogens (tertiary/aromatic N) is 3. The Balaban J connectivity index is 1.28. The summed E-state index contributed by atoms with van der Waals surface area (Å²) in [5.74, 6) is 0.0174. The quantitative estimate of drug-likeness (QED) is 0.483. The highest BCUT2D eigenvalue weighted by Gasteiger charge is 2.23. The molecule has 2 heterocycles. The summed E-state index contributed by atoms with van der Waals surface area (Å²) >= 11 is 3.41. The van der Waals surface area contributed by atoms with Gasteiger partial charge in [0.2, 0.25) is 5.91 Å². The molecule has 1 aromatic heterocycles. The van der Waals surface area contributed by atoms with Gasteiger partial charge in [-0.05, 0) is 43.0 Å². The summed E-state index contributed by atoms with van der Waals surface area (Å²) in [6.45, 7) is 2.75. The molecule has 0 bridgehead atoms. The van der Waals surface area contributed by atoms with Crippen molar-refractivity contribution in [1.29, 1.82) is 0 Å². The van der Waals surface area contributed by atoms with Crippen molar-refractivity contribution in [3.63, 3.8) is 0 Å². The van der Waals surface area contributed by atoms with Crippen molar-refractivity contribution in [1.82, 2.24) is 9.88 Å². The van der Waals surface area contributed by atoms with E-state index in [1.165, 1.54) is 9.60 Å². The molecule has 1 saturated heterocycles. The lowest BCUT2D eigenvalue weighted by atomic mass is 10.2. The van der Waals surface area contributed by atoms with Gasteiger partial charge in [0, 0.05) is 37.5 Å². The first-order valence-electron chi connectivity index (χ1n) is 10.2. The van der Waals surface area contributed by atoms with Gasteiger partial charge in [-0.25, -0.2) is 13.4 Å². The molecule has 0 aliphatic carbocycles. The van der Waals surface area contributed by atoms with E-state index in [0.717, 1.165) is 23.7 Å². The largest absolute Gasteiger partial charge is 0.345 e. The standard InChI is InChI=1S/C22H25N3O3S3/c1-29-17-9-10-19-20(16-17)30-22(23-19)25-13-11-24(12-14-25)21(26)8-5-15-31(27,28)18-6-3-2-4-7-18/h2-4,6-7,9-10,16H,5,8,11-15H2,1H3. The van der Waals surface area contributed by atoms with Gasteiger partial charge < -0.3 is 9.80 Å². The first-order chi connectivity index (χ1) is 15.0. The van der Waals surface area contributed by atoms with Gasteiger partial charge in [-0.3, -0.25) is 4.79 Å². The molecule has 0 radical (unpaired) electrons. The minimum atomic E-state index is -3.34. The van der Waals surface area contributed by atoms with Gasteiger partial charge >= 0.3 is 0 Å². The van der Waals surface area contributed by atoms with Crippen molar-refractivity contribution in [2.75, 3.05) is 43.1 Å². The highest BCUT2D eigenvalue weighted by molar-refractivity contribution is 7.98. The first kappa shape index (κ1) is 22.1. The van der Waals surface area contributed by atoms with Gasteiger partial charge in [-0.15, -0.1) is 11.8 Å². The monoisotopic (exact) mass is 475 g/mol.